The van der Waals surface area contributed by atoms with E-state index in [0.29, 0.717) is 6.54 Å². The summed E-state index contributed by atoms with van der Waals surface area (Å²) in [7, 11) is 1.68. The fraction of sp³-hybridized carbons (Fsp3) is 0.571. The number of hydrogen-bond acceptors (Lipinski definition) is 2. The standard InChI is InChI=1S/C14H19F4NO/c1-13(2,9-20)8-19(3)7-10-6-11(14(16,17)18)4-5-12(10)15/h4-6,20H,7-9H2,1-3H3. The van der Waals surface area contributed by atoms with E-state index in [1.165, 1.54) is 0 Å². The summed E-state index contributed by atoms with van der Waals surface area (Å²) in [6.45, 7) is 4.10. The van der Waals surface area contributed by atoms with Crippen LogP contribution in [0.2, 0.25) is 0 Å². The molecule has 0 amide bonds. The average molecular weight is 293 g/mol. The second kappa shape index (κ2) is 6.10. The van der Waals surface area contributed by atoms with Crippen LogP contribution in [-0.2, 0) is 12.7 Å². The number of halogens is 4. The maximum atomic E-state index is 13.6. The minimum absolute atomic E-state index is 0.00364. The van der Waals surface area contributed by atoms with E-state index in [-0.39, 0.29) is 18.7 Å². The molecule has 0 heterocycles. The lowest BCUT2D eigenvalue weighted by molar-refractivity contribution is -0.137. The fourth-order valence-corrected chi connectivity index (χ4v) is 2.00. The van der Waals surface area contributed by atoms with Gasteiger partial charge in [-0.25, -0.2) is 4.39 Å². The molecule has 0 atom stereocenters. The molecule has 1 N–H and O–H groups in total. The maximum Gasteiger partial charge on any atom is 0.416 e. The molecule has 0 fully saturated rings. The van der Waals surface area contributed by atoms with Crippen LogP contribution in [0.4, 0.5) is 17.6 Å². The Kier molecular flexibility index (Phi) is 5.15. The fourth-order valence-electron chi connectivity index (χ4n) is 2.00. The molecule has 1 rings (SSSR count). The molecule has 0 aliphatic carbocycles. The van der Waals surface area contributed by atoms with E-state index in [0.717, 1.165) is 18.2 Å². The molecule has 1 aromatic carbocycles. The van der Waals surface area contributed by atoms with Crippen LogP contribution in [0, 0.1) is 11.2 Å². The van der Waals surface area contributed by atoms with Gasteiger partial charge in [0.15, 0.2) is 0 Å². The van der Waals surface area contributed by atoms with Gasteiger partial charge in [0.05, 0.1) is 5.56 Å². The van der Waals surface area contributed by atoms with Crippen molar-refractivity contribution in [2.24, 2.45) is 5.41 Å². The van der Waals surface area contributed by atoms with Crippen LogP contribution in [0.1, 0.15) is 25.0 Å². The molecule has 0 aromatic heterocycles. The van der Waals surface area contributed by atoms with Gasteiger partial charge >= 0.3 is 6.18 Å². The molecule has 0 unspecified atom stereocenters. The van der Waals surface area contributed by atoms with Crippen LogP contribution in [0.5, 0.6) is 0 Å². The first-order valence-electron chi connectivity index (χ1n) is 6.20. The zero-order valence-corrected chi connectivity index (χ0v) is 11.8. The first-order valence-corrected chi connectivity index (χ1v) is 6.20. The third-order valence-electron chi connectivity index (χ3n) is 2.94. The van der Waals surface area contributed by atoms with Gasteiger partial charge in [-0.3, -0.25) is 0 Å². The molecule has 0 radical (unpaired) electrons. The van der Waals surface area contributed by atoms with Crippen molar-refractivity contribution in [3.63, 3.8) is 0 Å². The summed E-state index contributed by atoms with van der Waals surface area (Å²) in [5, 5.41) is 9.16. The monoisotopic (exact) mass is 293 g/mol. The zero-order valence-electron chi connectivity index (χ0n) is 11.8. The summed E-state index contributed by atoms with van der Waals surface area (Å²) in [4.78, 5) is 1.69. The number of alkyl halides is 3. The highest BCUT2D eigenvalue weighted by molar-refractivity contribution is 5.27. The van der Waals surface area contributed by atoms with Gasteiger partial charge in [0, 0.05) is 30.7 Å². The lowest BCUT2D eigenvalue weighted by Gasteiger charge is -2.28. The lowest BCUT2D eigenvalue weighted by atomic mass is 9.94. The lowest BCUT2D eigenvalue weighted by Crippen LogP contribution is -2.33. The Balaban J connectivity index is 2.87. The van der Waals surface area contributed by atoms with Gasteiger partial charge in [-0.1, -0.05) is 13.8 Å². The number of rotatable bonds is 5. The van der Waals surface area contributed by atoms with E-state index < -0.39 is 23.0 Å². The summed E-state index contributed by atoms with van der Waals surface area (Å²) < 4.78 is 51.4. The Labute approximate surface area is 116 Å². The molecule has 0 bridgehead atoms. The quantitative estimate of drug-likeness (QED) is 0.842. The Hall–Kier alpha value is -1.14. The van der Waals surface area contributed by atoms with E-state index in [1.807, 2.05) is 13.8 Å². The predicted octanol–water partition coefficient (Wildman–Crippen LogP) is 3.29. The SMILES string of the molecule is CN(Cc1cc(C(F)(F)F)ccc1F)CC(C)(C)CO. The average Bonchev–Trinajstić information content (AvgIpc) is 2.30. The van der Waals surface area contributed by atoms with Crippen molar-refractivity contribution in [1.29, 1.82) is 0 Å². The van der Waals surface area contributed by atoms with Crippen LogP contribution in [-0.4, -0.2) is 30.2 Å². The van der Waals surface area contributed by atoms with Gasteiger partial charge in [-0.2, -0.15) is 13.2 Å². The summed E-state index contributed by atoms with van der Waals surface area (Å²) >= 11 is 0. The number of aliphatic hydroxyl groups excluding tert-OH is 1. The summed E-state index contributed by atoms with van der Waals surface area (Å²) in [6, 6.07) is 2.40. The molecule has 1 aromatic rings. The topological polar surface area (TPSA) is 23.5 Å². The Morgan fingerprint density at radius 1 is 1.20 bits per heavy atom. The minimum atomic E-state index is -4.48. The molecule has 114 valence electrons. The van der Waals surface area contributed by atoms with Gasteiger partial charge in [0.1, 0.15) is 5.82 Å². The van der Waals surface area contributed by atoms with Gasteiger partial charge in [-0.15, -0.1) is 0 Å². The van der Waals surface area contributed by atoms with Crippen molar-refractivity contribution >= 4 is 0 Å². The largest absolute Gasteiger partial charge is 0.416 e. The van der Waals surface area contributed by atoms with Gasteiger partial charge in [0.2, 0.25) is 0 Å². The molecule has 20 heavy (non-hydrogen) atoms. The van der Waals surface area contributed by atoms with Crippen molar-refractivity contribution in [3.05, 3.63) is 35.1 Å². The van der Waals surface area contributed by atoms with Crippen LogP contribution < -0.4 is 0 Å². The van der Waals surface area contributed by atoms with E-state index in [1.54, 1.807) is 11.9 Å². The molecule has 0 aliphatic rings. The second-order valence-corrected chi connectivity index (χ2v) is 5.80. The zero-order chi connectivity index (χ0) is 15.6. The molecule has 0 saturated heterocycles. The minimum Gasteiger partial charge on any atom is -0.396 e. The van der Waals surface area contributed by atoms with Crippen molar-refractivity contribution < 1.29 is 22.7 Å². The summed E-state index contributed by atoms with van der Waals surface area (Å²) in [5.74, 6) is -0.661. The van der Waals surface area contributed by atoms with Crippen LogP contribution in [0.3, 0.4) is 0 Å². The predicted molar refractivity (Wildman–Crippen MR) is 68.6 cm³/mol. The van der Waals surface area contributed by atoms with E-state index in [4.69, 9.17) is 5.11 Å². The smallest absolute Gasteiger partial charge is 0.396 e. The third kappa shape index (κ3) is 4.76. The van der Waals surface area contributed by atoms with Crippen molar-refractivity contribution in [2.75, 3.05) is 20.2 Å². The Bertz CT molecular complexity index is 457. The van der Waals surface area contributed by atoms with Crippen LogP contribution in [0.25, 0.3) is 0 Å². The molecule has 0 spiro atoms. The molecule has 0 saturated carbocycles. The highest BCUT2D eigenvalue weighted by atomic mass is 19.4. The first-order chi connectivity index (χ1) is 9.05. The molecular formula is C14H19F4NO. The second-order valence-electron chi connectivity index (χ2n) is 5.80. The first kappa shape index (κ1) is 16.9. The van der Waals surface area contributed by atoms with Crippen molar-refractivity contribution in [1.82, 2.24) is 4.90 Å². The van der Waals surface area contributed by atoms with Crippen molar-refractivity contribution in [2.45, 2.75) is 26.6 Å². The van der Waals surface area contributed by atoms with E-state index in [2.05, 4.69) is 0 Å². The molecule has 2 nitrogen and oxygen atoms in total. The number of benzene rings is 1. The van der Waals surface area contributed by atoms with Gasteiger partial charge in [0.25, 0.3) is 0 Å². The Morgan fingerprint density at radius 2 is 1.80 bits per heavy atom. The third-order valence-corrected chi connectivity index (χ3v) is 2.94. The number of hydrogen-bond donors (Lipinski definition) is 1. The van der Waals surface area contributed by atoms with E-state index >= 15 is 0 Å². The van der Waals surface area contributed by atoms with E-state index in [9.17, 15) is 17.6 Å². The van der Waals surface area contributed by atoms with Crippen molar-refractivity contribution in [3.8, 4) is 0 Å². The normalized spacial score (nSPS) is 13.1. The molecule has 6 heteroatoms. The molecular weight excluding hydrogens is 274 g/mol. The highest BCUT2D eigenvalue weighted by Gasteiger charge is 2.31. The summed E-state index contributed by atoms with van der Waals surface area (Å²) in [6.07, 6.45) is -4.48. The number of nitrogens with zero attached hydrogens (tertiary/aromatic N) is 1. The summed E-state index contributed by atoms with van der Waals surface area (Å²) in [5.41, 5.74) is -1.26. The molecule has 0 aliphatic heterocycles. The van der Waals surface area contributed by atoms with Crippen LogP contribution >= 0.6 is 0 Å². The van der Waals surface area contributed by atoms with Crippen LogP contribution in [0.15, 0.2) is 18.2 Å². The van der Waals surface area contributed by atoms with Gasteiger partial charge in [-0.05, 0) is 25.2 Å². The highest BCUT2D eigenvalue weighted by Crippen LogP contribution is 2.30. The maximum absolute atomic E-state index is 13.6. The Morgan fingerprint density at radius 3 is 2.30 bits per heavy atom. The number of aliphatic hydroxyl groups is 1. The van der Waals surface area contributed by atoms with Gasteiger partial charge < -0.3 is 10.0 Å².